The van der Waals surface area contributed by atoms with Crippen LogP contribution in [0.2, 0.25) is 0 Å². The lowest BCUT2D eigenvalue weighted by atomic mass is 9.80. The quantitative estimate of drug-likeness (QED) is 0.609. The monoisotopic (exact) mass is 208 g/mol. The normalized spacial score (nSPS) is 14.6. The van der Waals surface area contributed by atoms with Gasteiger partial charge in [-0.25, -0.2) is 0 Å². The first-order valence-corrected chi connectivity index (χ1v) is 4.98. The van der Waals surface area contributed by atoms with Crippen molar-refractivity contribution in [2.45, 2.75) is 25.7 Å². The fourth-order valence-corrected chi connectivity index (χ4v) is 1.46. The minimum Gasteiger partial charge on any atom is -0.330 e. The molecule has 0 aliphatic rings. The highest BCUT2D eigenvalue weighted by atomic mass is 16.6. The Bertz CT molecular complexity index is 359. The molecular formula is C11H16N2O2. The van der Waals surface area contributed by atoms with Crippen molar-refractivity contribution in [2.75, 3.05) is 6.54 Å². The molecule has 15 heavy (non-hydrogen) atoms. The van der Waals surface area contributed by atoms with E-state index in [1.165, 1.54) is 6.07 Å². The molecule has 1 rings (SSSR count). The maximum Gasteiger partial charge on any atom is 0.269 e. The van der Waals surface area contributed by atoms with Crippen molar-refractivity contribution < 1.29 is 4.92 Å². The molecule has 0 spiro atoms. The van der Waals surface area contributed by atoms with Gasteiger partial charge >= 0.3 is 0 Å². The maximum absolute atomic E-state index is 10.6. The summed E-state index contributed by atoms with van der Waals surface area (Å²) in [4.78, 5) is 10.3. The first kappa shape index (κ1) is 11.7. The molecular weight excluding hydrogens is 192 g/mol. The lowest BCUT2D eigenvalue weighted by molar-refractivity contribution is -0.385. The van der Waals surface area contributed by atoms with Crippen molar-refractivity contribution in [1.29, 1.82) is 0 Å². The third-order valence-corrected chi connectivity index (χ3v) is 2.98. The lowest BCUT2D eigenvalue weighted by Gasteiger charge is -2.26. The van der Waals surface area contributed by atoms with Crippen molar-refractivity contribution in [3.8, 4) is 0 Å². The Morgan fingerprint density at radius 1 is 1.53 bits per heavy atom. The number of nitro benzene ring substituents is 1. The van der Waals surface area contributed by atoms with Crippen LogP contribution in [0.1, 0.15) is 25.8 Å². The van der Waals surface area contributed by atoms with Crippen LogP contribution in [0.15, 0.2) is 24.3 Å². The van der Waals surface area contributed by atoms with Gasteiger partial charge in [-0.1, -0.05) is 26.0 Å². The van der Waals surface area contributed by atoms with Gasteiger partial charge in [0.2, 0.25) is 0 Å². The second-order valence-corrected chi connectivity index (χ2v) is 3.93. The molecule has 1 atom stereocenters. The van der Waals surface area contributed by atoms with E-state index in [0.29, 0.717) is 6.54 Å². The lowest BCUT2D eigenvalue weighted by Crippen LogP contribution is -2.30. The van der Waals surface area contributed by atoms with Crippen molar-refractivity contribution in [1.82, 2.24) is 0 Å². The predicted molar refractivity (Wildman–Crippen MR) is 59.8 cm³/mol. The first-order valence-electron chi connectivity index (χ1n) is 4.98. The van der Waals surface area contributed by atoms with E-state index in [1.54, 1.807) is 12.1 Å². The highest BCUT2D eigenvalue weighted by molar-refractivity contribution is 5.38. The number of nitro groups is 1. The summed E-state index contributed by atoms with van der Waals surface area (Å²) < 4.78 is 0. The summed E-state index contributed by atoms with van der Waals surface area (Å²) in [5, 5.41) is 10.6. The smallest absolute Gasteiger partial charge is 0.269 e. The molecule has 4 heteroatoms. The predicted octanol–water partition coefficient (Wildman–Crippen LogP) is 2.22. The van der Waals surface area contributed by atoms with Crippen LogP contribution >= 0.6 is 0 Å². The topological polar surface area (TPSA) is 69.2 Å². The standard InChI is InChI=1S/C11H16N2O2/c1-3-11(2,8-12)9-5-4-6-10(7-9)13(14)15/h4-7H,3,8,12H2,1-2H3. The summed E-state index contributed by atoms with van der Waals surface area (Å²) in [6.07, 6.45) is 0.866. The second kappa shape index (κ2) is 4.40. The number of nitrogens with zero attached hydrogens (tertiary/aromatic N) is 1. The molecule has 0 amide bonds. The number of non-ortho nitro benzene ring substituents is 1. The molecule has 1 unspecified atom stereocenters. The van der Waals surface area contributed by atoms with Gasteiger partial charge in [0, 0.05) is 24.1 Å². The zero-order valence-corrected chi connectivity index (χ0v) is 9.06. The van der Waals surface area contributed by atoms with Gasteiger partial charge in [-0.05, 0) is 12.0 Å². The third kappa shape index (κ3) is 2.33. The van der Waals surface area contributed by atoms with Gasteiger partial charge in [0.15, 0.2) is 0 Å². The third-order valence-electron chi connectivity index (χ3n) is 2.98. The van der Waals surface area contributed by atoms with E-state index in [9.17, 15) is 10.1 Å². The molecule has 0 radical (unpaired) electrons. The minimum atomic E-state index is -0.379. The average Bonchev–Trinajstić information content (AvgIpc) is 2.28. The van der Waals surface area contributed by atoms with Crippen LogP contribution in [-0.2, 0) is 5.41 Å². The molecule has 0 saturated heterocycles. The molecule has 2 N–H and O–H groups in total. The SMILES string of the molecule is CCC(C)(CN)c1cccc([N+](=O)[O-])c1. The number of hydrogen-bond acceptors (Lipinski definition) is 3. The van der Waals surface area contributed by atoms with Crippen molar-refractivity contribution >= 4 is 5.69 Å². The summed E-state index contributed by atoms with van der Waals surface area (Å²) in [7, 11) is 0. The summed E-state index contributed by atoms with van der Waals surface area (Å²) in [5.41, 5.74) is 6.59. The minimum absolute atomic E-state index is 0.126. The van der Waals surface area contributed by atoms with Crippen LogP contribution in [0.4, 0.5) is 5.69 Å². The number of hydrogen-bond donors (Lipinski definition) is 1. The zero-order valence-electron chi connectivity index (χ0n) is 9.06. The van der Waals surface area contributed by atoms with Crippen molar-refractivity contribution in [3.05, 3.63) is 39.9 Å². The Labute approximate surface area is 89.2 Å². The van der Waals surface area contributed by atoms with Crippen LogP contribution in [-0.4, -0.2) is 11.5 Å². The van der Waals surface area contributed by atoms with Crippen LogP contribution in [0.25, 0.3) is 0 Å². The molecule has 1 aromatic carbocycles. The summed E-state index contributed by atoms with van der Waals surface area (Å²) in [6, 6.07) is 6.70. The first-order chi connectivity index (χ1) is 7.03. The Kier molecular flexibility index (Phi) is 3.42. The molecule has 0 aliphatic heterocycles. The fourth-order valence-electron chi connectivity index (χ4n) is 1.46. The van der Waals surface area contributed by atoms with Crippen molar-refractivity contribution in [2.24, 2.45) is 5.73 Å². The number of rotatable bonds is 4. The summed E-state index contributed by atoms with van der Waals surface area (Å²) in [5.74, 6) is 0. The molecule has 0 aromatic heterocycles. The molecule has 0 heterocycles. The maximum atomic E-state index is 10.6. The Balaban J connectivity index is 3.14. The van der Waals surface area contributed by atoms with Crippen molar-refractivity contribution in [3.63, 3.8) is 0 Å². The van der Waals surface area contributed by atoms with Crippen LogP contribution in [0.5, 0.6) is 0 Å². The van der Waals surface area contributed by atoms with Gasteiger partial charge in [0.25, 0.3) is 5.69 Å². The zero-order chi connectivity index (χ0) is 11.5. The Morgan fingerprint density at radius 3 is 2.67 bits per heavy atom. The van der Waals surface area contributed by atoms with Crippen LogP contribution in [0, 0.1) is 10.1 Å². The molecule has 82 valence electrons. The number of benzene rings is 1. The molecule has 1 aromatic rings. The van der Waals surface area contributed by atoms with E-state index in [1.807, 2.05) is 19.9 Å². The van der Waals surface area contributed by atoms with Gasteiger partial charge in [0.05, 0.1) is 4.92 Å². The molecule has 4 nitrogen and oxygen atoms in total. The summed E-state index contributed by atoms with van der Waals surface area (Å²) in [6.45, 7) is 4.54. The van der Waals surface area contributed by atoms with E-state index in [2.05, 4.69) is 0 Å². The van der Waals surface area contributed by atoms with Gasteiger partial charge in [-0.15, -0.1) is 0 Å². The van der Waals surface area contributed by atoms with Crippen LogP contribution in [0.3, 0.4) is 0 Å². The van der Waals surface area contributed by atoms with E-state index >= 15 is 0 Å². The highest BCUT2D eigenvalue weighted by Crippen LogP contribution is 2.28. The fraction of sp³-hybridized carbons (Fsp3) is 0.455. The largest absolute Gasteiger partial charge is 0.330 e. The van der Waals surface area contributed by atoms with Gasteiger partial charge in [0.1, 0.15) is 0 Å². The molecule has 0 bridgehead atoms. The van der Waals surface area contributed by atoms with E-state index in [4.69, 9.17) is 5.73 Å². The van der Waals surface area contributed by atoms with Gasteiger partial charge in [-0.3, -0.25) is 10.1 Å². The Hall–Kier alpha value is -1.42. The average molecular weight is 208 g/mol. The second-order valence-electron chi connectivity index (χ2n) is 3.93. The van der Waals surface area contributed by atoms with E-state index < -0.39 is 0 Å². The van der Waals surface area contributed by atoms with Gasteiger partial charge in [-0.2, -0.15) is 0 Å². The van der Waals surface area contributed by atoms with Gasteiger partial charge < -0.3 is 5.73 Å². The molecule has 0 aliphatic carbocycles. The molecule has 0 fully saturated rings. The number of nitrogens with two attached hydrogens (primary N) is 1. The molecule has 0 saturated carbocycles. The summed E-state index contributed by atoms with van der Waals surface area (Å²) >= 11 is 0. The highest BCUT2D eigenvalue weighted by Gasteiger charge is 2.24. The van der Waals surface area contributed by atoms with Crippen LogP contribution < -0.4 is 5.73 Å². The van der Waals surface area contributed by atoms with E-state index in [0.717, 1.165) is 12.0 Å². The van der Waals surface area contributed by atoms with E-state index in [-0.39, 0.29) is 16.0 Å². The Morgan fingerprint density at radius 2 is 2.20 bits per heavy atom.